The molecule has 0 aliphatic heterocycles. The SMILES string of the molecule is CCOP(=S)(OCC)SCC(=NOC)OC(N)=O. The smallest absolute Gasteiger partial charge is 0.396 e. The van der Waals surface area contributed by atoms with Gasteiger partial charge in [0.15, 0.2) is 0 Å². The Hall–Kier alpha value is -0.340. The van der Waals surface area contributed by atoms with Crippen LogP contribution < -0.4 is 5.73 Å². The van der Waals surface area contributed by atoms with Gasteiger partial charge >= 0.3 is 6.09 Å². The highest BCUT2D eigenvalue weighted by Gasteiger charge is 2.21. The Morgan fingerprint density at radius 2 is 1.94 bits per heavy atom. The number of amides is 1. The van der Waals surface area contributed by atoms with Crippen LogP contribution in [0.1, 0.15) is 13.8 Å². The van der Waals surface area contributed by atoms with Crippen molar-refractivity contribution < 1.29 is 23.4 Å². The number of oxime groups is 1. The summed E-state index contributed by atoms with van der Waals surface area (Å²) in [5.74, 6) is 0.192. The topological polar surface area (TPSA) is 92.4 Å². The van der Waals surface area contributed by atoms with Crippen molar-refractivity contribution in [1.82, 2.24) is 0 Å². The van der Waals surface area contributed by atoms with Gasteiger partial charge in [-0.25, -0.2) is 4.79 Å². The molecule has 0 saturated carbocycles. The summed E-state index contributed by atoms with van der Waals surface area (Å²) in [6.45, 7) is 4.53. The largest absolute Gasteiger partial charge is 0.411 e. The summed E-state index contributed by atoms with van der Waals surface area (Å²) in [4.78, 5) is 15.2. The second kappa shape index (κ2) is 9.57. The van der Waals surface area contributed by atoms with E-state index >= 15 is 0 Å². The van der Waals surface area contributed by atoms with E-state index in [1.165, 1.54) is 18.5 Å². The van der Waals surface area contributed by atoms with Crippen LogP contribution in [0.25, 0.3) is 0 Å². The first-order valence-electron chi connectivity index (χ1n) is 5.08. The minimum atomic E-state index is -2.46. The predicted molar refractivity (Wildman–Crippen MR) is 75.1 cm³/mol. The molecule has 106 valence electrons. The molecule has 10 heteroatoms. The van der Waals surface area contributed by atoms with Crippen molar-refractivity contribution in [2.24, 2.45) is 10.9 Å². The molecule has 0 unspecified atom stereocenters. The van der Waals surface area contributed by atoms with Crippen LogP contribution in [0.5, 0.6) is 0 Å². The fraction of sp³-hybridized carbons (Fsp3) is 0.750. The summed E-state index contributed by atoms with van der Waals surface area (Å²) in [6, 6.07) is 0. The van der Waals surface area contributed by atoms with Crippen LogP contribution in [0, 0.1) is 0 Å². The van der Waals surface area contributed by atoms with Gasteiger partial charge < -0.3 is 24.4 Å². The zero-order valence-electron chi connectivity index (χ0n) is 10.5. The van der Waals surface area contributed by atoms with Crippen molar-refractivity contribution in [2.45, 2.75) is 13.8 Å². The summed E-state index contributed by atoms with van der Waals surface area (Å²) in [6.07, 6.45) is -0.965. The Morgan fingerprint density at radius 1 is 1.39 bits per heavy atom. The second-order valence-electron chi connectivity index (χ2n) is 2.64. The van der Waals surface area contributed by atoms with Gasteiger partial charge in [0.2, 0.25) is 11.6 Å². The Kier molecular flexibility index (Phi) is 9.39. The van der Waals surface area contributed by atoms with Crippen LogP contribution in [0.4, 0.5) is 4.79 Å². The lowest BCUT2D eigenvalue weighted by Crippen LogP contribution is -2.20. The van der Waals surface area contributed by atoms with Gasteiger partial charge in [-0.3, -0.25) is 0 Å². The van der Waals surface area contributed by atoms with Gasteiger partial charge in [0.05, 0.1) is 19.0 Å². The van der Waals surface area contributed by atoms with E-state index in [1.807, 2.05) is 13.8 Å². The molecule has 0 saturated heterocycles. The van der Waals surface area contributed by atoms with E-state index in [9.17, 15) is 4.79 Å². The molecule has 0 aromatic rings. The molecule has 0 aliphatic rings. The van der Waals surface area contributed by atoms with Gasteiger partial charge in [-0.05, 0) is 25.7 Å². The molecule has 0 bridgehead atoms. The maximum atomic E-state index is 10.6. The third-order valence-electron chi connectivity index (χ3n) is 1.33. The lowest BCUT2D eigenvalue weighted by molar-refractivity contribution is 0.185. The van der Waals surface area contributed by atoms with E-state index in [-0.39, 0.29) is 11.7 Å². The minimum absolute atomic E-state index is 0.0173. The number of primary amides is 1. The fourth-order valence-corrected chi connectivity index (χ4v) is 5.08. The molecule has 18 heavy (non-hydrogen) atoms. The number of carbonyl (C=O) groups excluding carboxylic acids is 1. The van der Waals surface area contributed by atoms with Crippen LogP contribution in [0.15, 0.2) is 5.16 Å². The number of rotatable bonds is 8. The average molecular weight is 316 g/mol. The van der Waals surface area contributed by atoms with E-state index in [4.69, 9.17) is 26.6 Å². The Balaban J connectivity index is 4.51. The van der Waals surface area contributed by atoms with Crippen molar-refractivity contribution in [3.63, 3.8) is 0 Å². The average Bonchev–Trinajstić information content (AvgIpc) is 2.26. The zero-order chi connectivity index (χ0) is 14.0. The monoisotopic (exact) mass is 316 g/mol. The number of ether oxygens (including phenoxy) is 1. The Morgan fingerprint density at radius 3 is 2.33 bits per heavy atom. The number of nitrogens with zero attached hydrogens (tertiary/aromatic N) is 1. The predicted octanol–water partition coefficient (Wildman–Crippen LogP) is 2.07. The summed E-state index contributed by atoms with van der Waals surface area (Å²) in [5, 5.41) is 3.52. The normalized spacial score (nSPS) is 12.3. The van der Waals surface area contributed by atoms with Crippen molar-refractivity contribution in [3.8, 4) is 0 Å². The highest BCUT2D eigenvalue weighted by Crippen LogP contribution is 2.60. The van der Waals surface area contributed by atoms with E-state index in [0.717, 1.165) is 0 Å². The molecule has 0 radical (unpaired) electrons. The van der Waals surface area contributed by atoms with E-state index in [1.54, 1.807) is 0 Å². The van der Waals surface area contributed by atoms with Gasteiger partial charge in [-0.2, -0.15) is 0 Å². The molecular formula is C8H17N2O5PS2. The molecule has 7 nitrogen and oxygen atoms in total. The first kappa shape index (κ1) is 17.7. The van der Waals surface area contributed by atoms with Gasteiger partial charge in [-0.15, -0.1) is 0 Å². The van der Waals surface area contributed by atoms with Gasteiger partial charge in [0, 0.05) is 0 Å². The van der Waals surface area contributed by atoms with Crippen LogP contribution in [-0.2, 0) is 30.4 Å². The van der Waals surface area contributed by atoms with E-state index < -0.39 is 11.8 Å². The first-order chi connectivity index (χ1) is 8.47. The fourth-order valence-electron chi connectivity index (χ4n) is 0.855. The number of hydrogen-bond donors (Lipinski definition) is 1. The lowest BCUT2D eigenvalue weighted by atomic mass is 10.8. The molecular weight excluding hydrogens is 299 g/mol. The lowest BCUT2D eigenvalue weighted by Gasteiger charge is -2.19. The molecule has 0 aromatic heterocycles. The molecule has 0 aromatic carbocycles. The molecule has 2 N–H and O–H groups in total. The quantitative estimate of drug-likeness (QED) is 0.317. The van der Waals surface area contributed by atoms with E-state index in [0.29, 0.717) is 13.2 Å². The van der Waals surface area contributed by atoms with Crippen molar-refractivity contribution in [2.75, 3.05) is 26.1 Å². The summed E-state index contributed by atoms with van der Waals surface area (Å²) in [7, 11) is 1.33. The summed E-state index contributed by atoms with van der Waals surface area (Å²) in [5.41, 5.74) is 2.44. The van der Waals surface area contributed by atoms with Gasteiger partial charge in [0.25, 0.3) is 0 Å². The van der Waals surface area contributed by atoms with Crippen LogP contribution in [0.2, 0.25) is 0 Å². The van der Waals surface area contributed by atoms with Crippen LogP contribution >= 0.6 is 17.1 Å². The molecule has 0 fully saturated rings. The Bertz CT molecular complexity index is 329. The van der Waals surface area contributed by atoms with Crippen molar-refractivity contribution >= 4 is 40.9 Å². The van der Waals surface area contributed by atoms with Crippen molar-refractivity contribution in [1.29, 1.82) is 0 Å². The second-order valence-corrected chi connectivity index (χ2v) is 8.95. The van der Waals surface area contributed by atoms with Crippen LogP contribution in [0.3, 0.4) is 0 Å². The molecule has 0 spiro atoms. The molecule has 0 atom stereocenters. The number of carbonyl (C=O) groups is 1. The highest BCUT2D eigenvalue weighted by molar-refractivity contribution is 8.68. The highest BCUT2D eigenvalue weighted by atomic mass is 32.9. The standard InChI is InChI=1S/C8H17N2O5PS2/c1-4-13-16(17,14-5-2)18-6-7(10-12-3)15-8(9)11/h4-6H2,1-3H3,(H2,9,11). The molecule has 1 amide bonds. The number of nitrogens with two attached hydrogens (primary N) is 1. The van der Waals surface area contributed by atoms with E-state index in [2.05, 4.69) is 14.7 Å². The van der Waals surface area contributed by atoms with Crippen molar-refractivity contribution in [3.05, 3.63) is 0 Å². The third-order valence-corrected chi connectivity index (χ3v) is 6.72. The zero-order valence-corrected chi connectivity index (χ0v) is 13.0. The van der Waals surface area contributed by atoms with Gasteiger partial charge in [-0.1, -0.05) is 16.5 Å². The molecule has 0 heterocycles. The Labute approximate surface area is 115 Å². The van der Waals surface area contributed by atoms with Crippen LogP contribution in [-0.4, -0.2) is 38.1 Å². The first-order valence-corrected chi connectivity index (χ1v) is 9.31. The maximum absolute atomic E-state index is 10.6. The third kappa shape index (κ3) is 7.88. The van der Waals surface area contributed by atoms with Gasteiger partial charge in [0.1, 0.15) is 7.11 Å². The molecule has 0 rings (SSSR count). The maximum Gasteiger partial charge on any atom is 0.411 e. The number of hydrogen-bond acceptors (Lipinski definition) is 8. The summed E-state index contributed by atoms with van der Waals surface area (Å²) >= 11 is 6.48. The summed E-state index contributed by atoms with van der Waals surface area (Å²) < 4.78 is 15.5. The molecule has 0 aliphatic carbocycles. The minimum Gasteiger partial charge on any atom is -0.396 e.